The van der Waals surface area contributed by atoms with Gasteiger partial charge in [-0.3, -0.25) is 9.59 Å². The lowest BCUT2D eigenvalue weighted by molar-refractivity contribution is 0.0668. The zero-order chi connectivity index (χ0) is 21.3. The molecule has 6 heteroatoms. The Morgan fingerprint density at radius 1 is 0.800 bits per heavy atom. The van der Waals surface area contributed by atoms with Crippen molar-refractivity contribution in [2.45, 2.75) is 38.5 Å². The summed E-state index contributed by atoms with van der Waals surface area (Å²) in [7, 11) is 3.47. The van der Waals surface area contributed by atoms with Crippen LogP contribution in [0.4, 0.5) is 0 Å². The molecule has 0 aliphatic carbocycles. The van der Waals surface area contributed by atoms with E-state index in [1.807, 2.05) is 28.0 Å². The molecule has 30 heavy (non-hydrogen) atoms. The Kier molecular flexibility index (Phi) is 8.70. The Balaban J connectivity index is 1.54. The van der Waals surface area contributed by atoms with E-state index in [4.69, 9.17) is 9.47 Å². The van der Waals surface area contributed by atoms with Crippen LogP contribution in [-0.2, 0) is 9.47 Å². The molecule has 0 atom stereocenters. The van der Waals surface area contributed by atoms with E-state index < -0.39 is 0 Å². The van der Waals surface area contributed by atoms with E-state index in [0.29, 0.717) is 23.0 Å². The van der Waals surface area contributed by atoms with Crippen LogP contribution in [0.3, 0.4) is 0 Å². The number of benzene rings is 1. The molecule has 3 rings (SSSR count). The predicted octanol–water partition coefficient (Wildman–Crippen LogP) is 3.46. The van der Waals surface area contributed by atoms with E-state index in [-0.39, 0.29) is 11.8 Å². The number of methoxy groups -OCH3 is 2. The normalized spacial score (nSPS) is 18.6. The molecule has 1 aromatic carbocycles. The maximum atomic E-state index is 13.0. The van der Waals surface area contributed by atoms with Crippen LogP contribution in [0.2, 0.25) is 0 Å². The van der Waals surface area contributed by atoms with Crippen molar-refractivity contribution in [3.63, 3.8) is 0 Å². The van der Waals surface area contributed by atoms with Crippen molar-refractivity contribution in [3.05, 3.63) is 35.4 Å². The minimum absolute atomic E-state index is 0.0353. The third-order valence-corrected chi connectivity index (χ3v) is 6.62. The van der Waals surface area contributed by atoms with Gasteiger partial charge in [0.2, 0.25) is 0 Å². The molecule has 0 saturated carbocycles. The highest BCUT2D eigenvalue weighted by Gasteiger charge is 2.26. The molecule has 166 valence electrons. The van der Waals surface area contributed by atoms with E-state index in [1.54, 1.807) is 20.3 Å². The van der Waals surface area contributed by atoms with Gasteiger partial charge in [-0.25, -0.2) is 0 Å². The number of nitrogens with zero attached hydrogens (tertiary/aromatic N) is 2. The van der Waals surface area contributed by atoms with Crippen LogP contribution in [0.5, 0.6) is 0 Å². The molecule has 0 radical (unpaired) electrons. The molecule has 2 aliphatic rings. The van der Waals surface area contributed by atoms with Crippen LogP contribution < -0.4 is 0 Å². The summed E-state index contributed by atoms with van der Waals surface area (Å²) >= 11 is 0. The lowest BCUT2D eigenvalue weighted by Gasteiger charge is -2.33. The third kappa shape index (κ3) is 6.05. The molecule has 2 aliphatic heterocycles. The quantitative estimate of drug-likeness (QED) is 0.651. The Morgan fingerprint density at radius 2 is 1.20 bits per heavy atom. The number of hydrogen-bond acceptors (Lipinski definition) is 4. The number of rotatable bonds is 8. The SMILES string of the molecule is COCCC1CCN(C(=O)c2cccc(C(=O)N3CCC(CCOC)CC3)c2)CC1. The van der Waals surface area contributed by atoms with Gasteiger partial charge in [-0.15, -0.1) is 0 Å². The molecule has 1 aromatic rings. The summed E-state index contributed by atoms with van der Waals surface area (Å²) in [4.78, 5) is 29.8. The number of ether oxygens (including phenoxy) is 2. The molecule has 0 spiro atoms. The molecule has 0 N–H and O–H groups in total. The molecular weight excluding hydrogens is 380 g/mol. The number of carbonyl (C=O) groups is 2. The first-order valence-corrected chi connectivity index (χ1v) is 11.3. The smallest absolute Gasteiger partial charge is 0.253 e. The highest BCUT2D eigenvalue weighted by atomic mass is 16.5. The van der Waals surface area contributed by atoms with Crippen LogP contribution in [0.25, 0.3) is 0 Å². The second-order valence-corrected chi connectivity index (χ2v) is 8.61. The largest absolute Gasteiger partial charge is 0.385 e. The number of likely N-dealkylation sites (tertiary alicyclic amines) is 2. The number of amides is 2. The summed E-state index contributed by atoms with van der Waals surface area (Å²) in [5.74, 6) is 1.34. The maximum Gasteiger partial charge on any atom is 0.253 e. The summed E-state index contributed by atoms with van der Waals surface area (Å²) in [6, 6.07) is 7.26. The molecule has 0 bridgehead atoms. The summed E-state index contributed by atoms with van der Waals surface area (Å²) in [5, 5.41) is 0. The fraction of sp³-hybridized carbons (Fsp3) is 0.667. The number of piperidine rings is 2. The topological polar surface area (TPSA) is 59.1 Å². The molecule has 0 unspecified atom stereocenters. The minimum Gasteiger partial charge on any atom is -0.385 e. The standard InChI is InChI=1S/C24H36N2O4/c1-29-16-10-19-6-12-25(13-7-19)23(27)21-4-3-5-22(18-21)24(28)26-14-8-20(9-15-26)11-17-30-2/h3-5,18-20H,6-17H2,1-2H3. The first-order chi connectivity index (χ1) is 14.6. The van der Waals surface area contributed by atoms with E-state index in [0.717, 1.165) is 77.9 Å². The van der Waals surface area contributed by atoms with Gasteiger partial charge in [-0.1, -0.05) is 6.07 Å². The fourth-order valence-electron chi connectivity index (χ4n) is 4.57. The van der Waals surface area contributed by atoms with Crippen LogP contribution in [0, 0.1) is 11.8 Å². The molecule has 2 saturated heterocycles. The van der Waals surface area contributed by atoms with Crippen LogP contribution in [0.15, 0.2) is 24.3 Å². The van der Waals surface area contributed by atoms with Crippen molar-refractivity contribution in [3.8, 4) is 0 Å². The summed E-state index contributed by atoms with van der Waals surface area (Å²) in [5.41, 5.74) is 1.23. The molecular formula is C24H36N2O4. The van der Waals surface area contributed by atoms with Crippen LogP contribution >= 0.6 is 0 Å². The lowest BCUT2D eigenvalue weighted by Crippen LogP contribution is -2.39. The zero-order valence-corrected chi connectivity index (χ0v) is 18.5. The maximum absolute atomic E-state index is 13.0. The van der Waals surface area contributed by atoms with Crippen molar-refractivity contribution in [1.82, 2.24) is 9.80 Å². The van der Waals surface area contributed by atoms with Crippen molar-refractivity contribution in [1.29, 1.82) is 0 Å². The van der Waals surface area contributed by atoms with Crippen molar-refractivity contribution in [2.24, 2.45) is 11.8 Å². The van der Waals surface area contributed by atoms with Gasteiger partial charge in [0.15, 0.2) is 0 Å². The summed E-state index contributed by atoms with van der Waals surface area (Å²) in [6.45, 7) is 4.68. The van der Waals surface area contributed by atoms with Crippen LogP contribution in [0.1, 0.15) is 59.2 Å². The van der Waals surface area contributed by atoms with E-state index in [2.05, 4.69) is 0 Å². The minimum atomic E-state index is 0.0353. The van der Waals surface area contributed by atoms with Gasteiger partial charge in [0.1, 0.15) is 0 Å². The number of hydrogen-bond donors (Lipinski definition) is 0. The second-order valence-electron chi connectivity index (χ2n) is 8.61. The zero-order valence-electron chi connectivity index (χ0n) is 18.5. The van der Waals surface area contributed by atoms with Gasteiger partial charge in [-0.05, 0) is 68.6 Å². The van der Waals surface area contributed by atoms with E-state index in [1.165, 1.54) is 0 Å². The first-order valence-electron chi connectivity index (χ1n) is 11.3. The van der Waals surface area contributed by atoms with Gasteiger partial charge >= 0.3 is 0 Å². The Morgan fingerprint density at radius 3 is 1.57 bits per heavy atom. The van der Waals surface area contributed by atoms with Crippen molar-refractivity contribution >= 4 is 11.8 Å². The highest BCUT2D eigenvalue weighted by molar-refractivity contribution is 5.99. The first kappa shape index (κ1) is 22.8. The Labute approximate surface area is 180 Å². The highest BCUT2D eigenvalue weighted by Crippen LogP contribution is 2.24. The van der Waals surface area contributed by atoms with Gasteiger partial charge in [0.05, 0.1) is 0 Å². The van der Waals surface area contributed by atoms with E-state index >= 15 is 0 Å². The predicted molar refractivity (Wildman–Crippen MR) is 117 cm³/mol. The van der Waals surface area contributed by atoms with Crippen molar-refractivity contribution in [2.75, 3.05) is 53.6 Å². The third-order valence-electron chi connectivity index (χ3n) is 6.62. The second kappa shape index (κ2) is 11.5. The average molecular weight is 417 g/mol. The van der Waals surface area contributed by atoms with Gasteiger partial charge in [-0.2, -0.15) is 0 Å². The lowest BCUT2D eigenvalue weighted by atomic mass is 9.93. The molecule has 2 fully saturated rings. The summed E-state index contributed by atoms with van der Waals surface area (Å²) < 4.78 is 10.3. The van der Waals surface area contributed by atoms with E-state index in [9.17, 15) is 9.59 Å². The summed E-state index contributed by atoms with van der Waals surface area (Å²) in [6.07, 6.45) is 6.20. The van der Waals surface area contributed by atoms with Crippen LogP contribution in [-0.4, -0.2) is 75.2 Å². The van der Waals surface area contributed by atoms with Gasteiger partial charge in [0.25, 0.3) is 11.8 Å². The average Bonchev–Trinajstić information content (AvgIpc) is 2.81. The Bertz CT molecular complexity index is 637. The van der Waals surface area contributed by atoms with Crippen molar-refractivity contribution < 1.29 is 19.1 Å². The Hall–Kier alpha value is -1.92. The number of carbonyl (C=O) groups excluding carboxylic acids is 2. The molecule has 0 aromatic heterocycles. The molecule has 6 nitrogen and oxygen atoms in total. The van der Waals surface area contributed by atoms with Gasteiger partial charge in [0, 0.05) is 64.7 Å². The molecule has 2 amide bonds. The monoisotopic (exact) mass is 416 g/mol. The fourth-order valence-corrected chi connectivity index (χ4v) is 4.57. The molecule has 2 heterocycles. The van der Waals surface area contributed by atoms with Gasteiger partial charge < -0.3 is 19.3 Å².